The summed E-state index contributed by atoms with van der Waals surface area (Å²) in [5.41, 5.74) is 4.70. The van der Waals surface area contributed by atoms with Gasteiger partial charge in [0.2, 0.25) is 5.91 Å². The van der Waals surface area contributed by atoms with Crippen molar-refractivity contribution in [2.24, 2.45) is 0 Å². The summed E-state index contributed by atoms with van der Waals surface area (Å²) < 4.78 is 0. The van der Waals surface area contributed by atoms with E-state index in [1.54, 1.807) is 6.20 Å². The standard InChI is InChI=1S/C20H16ClN3O/c1-12-11-22-20(21)18-15-10-14(7-8-16(15)24-19(12)18)23-17(25)9-13-5-3-2-4-6-13/h2-8,10-11,24H,9H2,1H3,(H,23,25). The molecular weight excluding hydrogens is 334 g/mol. The van der Waals surface area contributed by atoms with Crippen molar-refractivity contribution in [2.45, 2.75) is 13.3 Å². The molecule has 25 heavy (non-hydrogen) atoms. The molecule has 2 aromatic carbocycles. The number of halogens is 1. The van der Waals surface area contributed by atoms with Crippen molar-refractivity contribution in [1.82, 2.24) is 9.97 Å². The number of aromatic amines is 1. The van der Waals surface area contributed by atoms with E-state index >= 15 is 0 Å². The Morgan fingerprint density at radius 1 is 1.20 bits per heavy atom. The number of pyridine rings is 1. The number of hydrogen-bond donors (Lipinski definition) is 2. The Bertz CT molecular complexity index is 1090. The zero-order chi connectivity index (χ0) is 17.4. The summed E-state index contributed by atoms with van der Waals surface area (Å²) >= 11 is 6.30. The van der Waals surface area contributed by atoms with Gasteiger partial charge in [-0.05, 0) is 36.2 Å². The fourth-order valence-electron chi connectivity index (χ4n) is 3.05. The zero-order valence-electron chi connectivity index (χ0n) is 13.6. The van der Waals surface area contributed by atoms with Crippen LogP contribution in [0.3, 0.4) is 0 Å². The third-order valence-electron chi connectivity index (χ3n) is 4.26. The number of amides is 1. The molecule has 5 heteroatoms. The van der Waals surface area contributed by atoms with Crippen molar-refractivity contribution in [3.8, 4) is 0 Å². The van der Waals surface area contributed by atoms with Crippen LogP contribution in [0.1, 0.15) is 11.1 Å². The highest BCUT2D eigenvalue weighted by Gasteiger charge is 2.12. The van der Waals surface area contributed by atoms with Gasteiger partial charge in [-0.3, -0.25) is 4.79 Å². The summed E-state index contributed by atoms with van der Waals surface area (Å²) in [6, 6.07) is 15.4. The highest BCUT2D eigenvalue weighted by Crippen LogP contribution is 2.33. The number of carbonyl (C=O) groups is 1. The average Bonchev–Trinajstić information content (AvgIpc) is 2.99. The quantitative estimate of drug-likeness (QED) is 0.519. The Labute approximate surface area is 149 Å². The molecule has 124 valence electrons. The Morgan fingerprint density at radius 3 is 2.80 bits per heavy atom. The molecule has 0 fully saturated rings. The number of nitrogens with zero attached hydrogens (tertiary/aromatic N) is 1. The second-order valence-electron chi connectivity index (χ2n) is 6.08. The fraction of sp³-hybridized carbons (Fsp3) is 0.100. The lowest BCUT2D eigenvalue weighted by Crippen LogP contribution is -2.14. The SMILES string of the molecule is Cc1cnc(Cl)c2c1[nH]c1ccc(NC(=O)Cc3ccccc3)cc12. The molecular formula is C20H16ClN3O. The first-order valence-electron chi connectivity index (χ1n) is 8.02. The molecule has 0 saturated carbocycles. The van der Waals surface area contributed by atoms with E-state index in [2.05, 4.69) is 15.3 Å². The van der Waals surface area contributed by atoms with Crippen LogP contribution in [0.2, 0.25) is 5.15 Å². The van der Waals surface area contributed by atoms with Crippen LogP contribution in [-0.4, -0.2) is 15.9 Å². The van der Waals surface area contributed by atoms with Crippen LogP contribution in [0.4, 0.5) is 5.69 Å². The van der Waals surface area contributed by atoms with E-state index < -0.39 is 0 Å². The number of benzene rings is 2. The first-order chi connectivity index (χ1) is 12.1. The molecule has 2 heterocycles. The molecule has 0 aliphatic heterocycles. The number of rotatable bonds is 3. The molecule has 0 aliphatic rings. The summed E-state index contributed by atoms with van der Waals surface area (Å²) in [4.78, 5) is 19.9. The molecule has 2 aromatic heterocycles. The van der Waals surface area contributed by atoms with E-state index in [9.17, 15) is 4.79 Å². The molecule has 0 spiro atoms. The Hall–Kier alpha value is -2.85. The van der Waals surface area contributed by atoms with E-state index in [4.69, 9.17) is 11.6 Å². The molecule has 0 saturated heterocycles. The number of aryl methyl sites for hydroxylation is 1. The van der Waals surface area contributed by atoms with Gasteiger partial charge in [0.25, 0.3) is 0 Å². The van der Waals surface area contributed by atoms with Gasteiger partial charge >= 0.3 is 0 Å². The van der Waals surface area contributed by atoms with E-state index in [-0.39, 0.29) is 5.91 Å². The molecule has 0 aliphatic carbocycles. The summed E-state index contributed by atoms with van der Waals surface area (Å²) in [6.45, 7) is 1.99. The number of hydrogen-bond acceptors (Lipinski definition) is 2. The van der Waals surface area contributed by atoms with Crippen LogP contribution in [0, 0.1) is 6.92 Å². The van der Waals surface area contributed by atoms with Gasteiger partial charge in [0.15, 0.2) is 0 Å². The van der Waals surface area contributed by atoms with Crippen molar-refractivity contribution >= 4 is 45.0 Å². The number of fused-ring (bicyclic) bond motifs is 3. The monoisotopic (exact) mass is 349 g/mol. The molecule has 0 radical (unpaired) electrons. The molecule has 0 unspecified atom stereocenters. The molecule has 4 aromatic rings. The van der Waals surface area contributed by atoms with Crippen LogP contribution in [0.25, 0.3) is 21.8 Å². The fourth-order valence-corrected chi connectivity index (χ4v) is 3.29. The maximum Gasteiger partial charge on any atom is 0.228 e. The van der Waals surface area contributed by atoms with Gasteiger partial charge in [-0.25, -0.2) is 4.98 Å². The third-order valence-corrected chi connectivity index (χ3v) is 4.55. The number of H-pyrrole nitrogens is 1. The Balaban J connectivity index is 1.68. The first kappa shape index (κ1) is 15.7. The molecule has 2 N–H and O–H groups in total. The summed E-state index contributed by atoms with van der Waals surface area (Å²) in [5, 5.41) is 5.25. The van der Waals surface area contributed by atoms with E-state index in [0.29, 0.717) is 11.6 Å². The summed E-state index contributed by atoms with van der Waals surface area (Å²) in [7, 11) is 0. The minimum atomic E-state index is -0.0502. The van der Waals surface area contributed by atoms with Crippen LogP contribution in [0.5, 0.6) is 0 Å². The first-order valence-corrected chi connectivity index (χ1v) is 8.40. The lowest BCUT2D eigenvalue weighted by molar-refractivity contribution is -0.115. The maximum absolute atomic E-state index is 12.3. The van der Waals surface area contributed by atoms with Crippen molar-refractivity contribution in [3.63, 3.8) is 0 Å². The van der Waals surface area contributed by atoms with E-state index in [1.165, 1.54) is 0 Å². The highest BCUT2D eigenvalue weighted by atomic mass is 35.5. The topological polar surface area (TPSA) is 57.8 Å². The van der Waals surface area contributed by atoms with Crippen LogP contribution in [-0.2, 0) is 11.2 Å². The van der Waals surface area contributed by atoms with Gasteiger partial charge in [-0.2, -0.15) is 0 Å². The minimum absolute atomic E-state index is 0.0502. The van der Waals surface area contributed by atoms with Crippen molar-refractivity contribution in [3.05, 3.63) is 71.0 Å². The van der Waals surface area contributed by atoms with Gasteiger partial charge in [0, 0.05) is 28.2 Å². The summed E-state index contributed by atoms with van der Waals surface area (Å²) in [5.74, 6) is -0.0502. The third kappa shape index (κ3) is 2.96. The van der Waals surface area contributed by atoms with E-state index in [0.717, 1.165) is 38.6 Å². The molecule has 0 atom stereocenters. The lowest BCUT2D eigenvalue weighted by atomic mass is 10.1. The second kappa shape index (κ2) is 6.22. The van der Waals surface area contributed by atoms with Crippen molar-refractivity contribution in [2.75, 3.05) is 5.32 Å². The summed E-state index contributed by atoms with van der Waals surface area (Å²) in [6.07, 6.45) is 2.09. The van der Waals surface area contributed by atoms with Crippen LogP contribution >= 0.6 is 11.6 Å². The predicted octanol–water partition coefficient (Wildman–Crippen LogP) is 4.86. The number of carbonyl (C=O) groups excluding carboxylic acids is 1. The Morgan fingerprint density at radius 2 is 2.00 bits per heavy atom. The maximum atomic E-state index is 12.3. The zero-order valence-corrected chi connectivity index (χ0v) is 14.4. The van der Waals surface area contributed by atoms with Gasteiger partial charge in [-0.1, -0.05) is 41.9 Å². The predicted molar refractivity (Wildman–Crippen MR) is 102 cm³/mol. The molecule has 4 rings (SSSR count). The van der Waals surface area contributed by atoms with Gasteiger partial charge < -0.3 is 10.3 Å². The lowest BCUT2D eigenvalue weighted by Gasteiger charge is -2.06. The number of aromatic nitrogens is 2. The largest absolute Gasteiger partial charge is 0.354 e. The van der Waals surface area contributed by atoms with Gasteiger partial charge in [-0.15, -0.1) is 0 Å². The minimum Gasteiger partial charge on any atom is -0.354 e. The van der Waals surface area contributed by atoms with Crippen molar-refractivity contribution in [1.29, 1.82) is 0 Å². The van der Waals surface area contributed by atoms with Gasteiger partial charge in [0.05, 0.1) is 11.9 Å². The van der Waals surface area contributed by atoms with E-state index in [1.807, 2.05) is 55.5 Å². The number of anilines is 1. The normalized spacial score (nSPS) is 11.1. The van der Waals surface area contributed by atoms with Gasteiger partial charge in [0.1, 0.15) is 5.15 Å². The second-order valence-corrected chi connectivity index (χ2v) is 6.44. The molecule has 1 amide bonds. The number of nitrogens with one attached hydrogen (secondary N) is 2. The molecule has 4 nitrogen and oxygen atoms in total. The molecule has 0 bridgehead atoms. The average molecular weight is 350 g/mol. The Kier molecular flexibility index (Phi) is 3.90. The smallest absolute Gasteiger partial charge is 0.228 e. The highest BCUT2D eigenvalue weighted by molar-refractivity contribution is 6.37. The van der Waals surface area contributed by atoms with Crippen LogP contribution < -0.4 is 5.32 Å². The van der Waals surface area contributed by atoms with Crippen molar-refractivity contribution < 1.29 is 4.79 Å². The van der Waals surface area contributed by atoms with Crippen LogP contribution in [0.15, 0.2) is 54.7 Å².